The molecule has 0 aromatic heterocycles. The monoisotopic (exact) mass is 156 g/mol. The normalized spacial score (nSPS) is 37.1. The highest BCUT2D eigenvalue weighted by Gasteiger charge is 2.36. The molecule has 0 aliphatic heterocycles. The van der Waals surface area contributed by atoms with Crippen molar-refractivity contribution < 1.29 is 5.11 Å². The molecule has 66 valence electrons. The highest BCUT2D eigenvalue weighted by Crippen LogP contribution is 2.44. The molecule has 0 saturated heterocycles. The van der Waals surface area contributed by atoms with E-state index >= 15 is 0 Å². The minimum atomic E-state index is 0.354. The van der Waals surface area contributed by atoms with Gasteiger partial charge >= 0.3 is 0 Å². The maximum Gasteiger partial charge on any atom is 0.0464 e. The molecule has 1 heteroatoms. The molecule has 2 atom stereocenters. The second kappa shape index (κ2) is 3.14. The second-order valence-electron chi connectivity index (χ2n) is 4.53. The summed E-state index contributed by atoms with van der Waals surface area (Å²) in [5, 5.41) is 9.14. The van der Waals surface area contributed by atoms with Gasteiger partial charge in [0.2, 0.25) is 0 Å². The molecule has 0 bridgehead atoms. The zero-order valence-electron chi connectivity index (χ0n) is 7.93. The molecule has 0 heterocycles. The van der Waals surface area contributed by atoms with Crippen LogP contribution in [-0.2, 0) is 0 Å². The smallest absolute Gasteiger partial charge is 0.0464 e. The molecule has 1 saturated carbocycles. The molecule has 2 unspecified atom stereocenters. The van der Waals surface area contributed by atoms with Gasteiger partial charge in [-0.1, -0.05) is 33.6 Å². The SMILES string of the molecule is CC1CCCC(CO)C1(C)C. The molecule has 1 N–H and O–H groups in total. The van der Waals surface area contributed by atoms with Gasteiger partial charge < -0.3 is 5.11 Å². The van der Waals surface area contributed by atoms with Gasteiger partial charge in [0.15, 0.2) is 0 Å². The predicted molar refractivity (Wildman–Crippen MR) is 47.4 cm³/mol. The van der Waals surface area contributed by atoms with Gasteiger partial charge in [-0.15, -0.1) is 0 Å². The van der Waals surface area contributed by atoms with Gasteiger partial charge in [0.25, 0.3) is 0 Å². The van der Waals surface area contributed by atoms with Gasteiger partial charge in [-0.3, -0.25) is 0 Å². The lowest BCUT2D eigenvalue weighted by molar-refractivity contribution is 0.0284. The van der Waals surface area contributed by atoms with E-state index in [0.717, 1.165) is 5.92 Å². The molecule has 0 spiro atoms. The summed E-state index contributed by atoms with van der Waals surface area (Å²) in [6.07, 6.45) is 3.85. The summed E-state index contributed by atoms with van der Waals surface area (Å²) < 4.78 is 0. The Balaban J connectivity index is 2.64. The zero-order chi connectivity index (χ0) is 8.48. The van der Waals surface area contributed by atoms with Crippen LogP contribution < -0.4 is 0 Å². The van der Waals surface area contributed by atoms with Crippen LogP contribution in [0, 0.1) is 17.3 Å². The van der Waals surface area contributed by atoms with E-state index < -0.39 is 0 Å². The van der Waals surface area contributed by atoms with Crippen molar-refractivity contribution in [2.45, 2.75) is 40.0 Å². The van der Waals surface area contributed by atoms with Crippen molar-refractivity contribution in [2.75, 3.05) is 6.61 Å². The lowest BCUT2D eigenvalue weighted by Gasteiger charge is -2.43. The Bertz CT molecular complexity index is 129. The fourth-order valence-corrected chi connectivity index (χ4v) is 2.14. The number of hydrogen-bond donors (Lipinski definition) is 1. The van der Waals surface area contributed by atoms with Crippen molar-refractivity contribution in [1.82, 2.24) is 0 Å². The minimum Gasteiger partial charge on any atom is -0.396 e. The largest absolute Gasteiger partial charge is 0.396 e. The summed E-state index contributed by atoms with van der Waals surface area (Å²) in [5.74, 6) is 1.31. The first-order valence-corrected chi connectivity index (χ1v) is 4.70. The van der Waals surface area contributed by atoms with E-state index in [-0.39, 0.29) is 0 Å². The standard InChI is InChI=1S/C10H20O/c1-8-5-4-6-9(7-11)10(8,2)3/h8-9,11H,4-7H2,1-3H3. The molecule has 0 aromatic carbocycles. The van der Waals surface area contributed by atoms with Crippen LogP contribution in [0.15, 0.2) is 0 Å². The number of rotatable bonds is 1. The molecule has 0 aromatic rings. The Morgan fingerprint density at radius 3 is 2.45 bits per heavy atom. The van der Waals surface area contributed by atoms with E-state index in [4.69, 9.17) is 5.11 Å². The topological polar surface area (TPSA) is 20.2 Å². The molecule has 1 nitrogen and oxygen atoms in total. The third kappa shape index (κ3) is 1.58. The van der Waals surface area contributed by atoms with Crippen molar-refractivity contribution in [2.24, 2.45) is 17.3 Å². The maximum atomic E-state index is 9.14. The van der Waals surface area contributed by atoms with E-state index in [1.54, 1.807) is 0 Å². The lowest BCUT2D eigenvalue weighted by Crippen LogP contribution is -2.36. The first-order chi connectivity index (χ1) is 5.09. The molecular weight excluding hydrogens is 136 g/mol. The van der Waals surface area contributed by atoms with Crippen LogP contribution >= 0.6 is 0 Å². The van der Waals surface area contributed by atoms with Crippen molar-refractivity contribution in [3.8, 4) is 0 Å². The number of hydrogen-bond acceptors (Lipinski definition) is 1. The van der Waals surface area contributed by atoms with Gasteiger partial charge in [0.1, 0.15) is 0 Å². The first kappa shape index (κ1) is 9.05. The first-order valence-electron chi connectivity index (χ1n) is 4.70. The summed E-state index contributed by atoms with van der Waals surface area (Å²) >= 11 is 0. The fourth-order valence-electron chi connectivity index (χ4n) is 2.14. The Morgan fingerprint density at radius 2 is 2.00 bits per heavy atom. The fraction of sp³-hybridized carbons (Fsp3) is 1.00. The summed E-state index contributed by atoms with van der Waals surface area (Å²) in [6, 6.07) is 0. The van der Waals surface area contributed by atoms with Gasteiger partial charge in [-0.2, -0.15) is 0 Å². The third-order valence-electron chi connectivity index (χ3n) is 3.73. The Morgan fingerprint density at radius 1 is 1.36 bits per heavy atom. The van der Waals surface area contributed by atoms with Crippen LogP contribution in [0.2, 0.25) is 0 Å². The van der Waals surface area contributed by atoms with Crippen molar-refractivity contribution in [1.29, 1.82) is 0 Å². The van der Waals surface area contributed by atoms with E-state index in [1.807, 2.05) is 0 Å². The van der Waals surface area contributed by atoms with Gasteiger partial charge in [0.05, 0.1) is 0 Å². The quantitative estimate of drug-likeness (QED) is 0.618. The Hall–Kier alpha value is -0.0400. The summed E-state index contributed by atoms with van der Waals surface area (Å²) in [4.78, 5) is 0. The molecule has 0 amide bonds. The van der Waals surface area contributed by atoms with Crippen molar-refractivity contribution >= 4 is 0 Å². The van der Waals surface area contributed by atoms with Crippen molar-refractivity contribution in [3.05, 3.63) is 0 Å². The van der Waals surface area contributed by atoms with E-state index in [1.165, 1.54) is 19.3 Å². The Labute approximate surface area is 69.8 Å². The van der Waals surface area contributed by atoms with Crippen LogP contribution in [0.1, 0.15) is 40.0 Å². The molecule has 1 fully saturated rings. The predicted octanol–water partition coefficient (Wildman–Crippen LogP) is 2.44. The van der Waals surface area contributed by atoms with Gasteiger partial charge in [0, 0.05) is 6.61 Å². The van der Waals surface area contributed by atoms with Crippen LogP contribution in [0.3, 0.4) is 0 Å². The van der Waals surface area contributed by atoms with Crippen LogP contribution in [0.25, 0.3) is 0 Å². The highest BCUT2D eigenvalue weighted by molar-refractivity contribution is 4.86. The molecule has 0 radical (unpaired) electrons. The third-order valence-corrected chi connectivity index (χ3v) is 3.73. The minimum absolute atomic E-state index is 0.354. The number of aliphatic hydroxyl groups excluding tert-OH is 1. The molecular formula is C10H20O. The summed E-state index contributed by atoms with van der Waals surface area (Å²) in [5.41, 5.74) is 0.354. The van der Waals surface area contributed by atoms with Gasteiger partial charge in [-0.05, 0) is 23.7 Å². The summed E-state index contributed by atoms with van der Waals surface area (Å²) in [7, 11) is 0. The zero-order valence-corrected chi connectivity index (χ0v) is 7.93. The van der Waals surface area contributed by atoms with Crippen LogP contribution in [-0.4, -0.2) is 11.7 Å². The highest BCUT2D eigenvalue weighted by atomic mass is 16.3. The average Bonchev–Trinajstić information content (AvgIpc) is 1.95. The molecule has 1 aliphatic rings. The van der Waals surface area contributed by atoms with E-state index in [0.29, 0.717) is 17.9 Å². The van der Waals surface area contributed by atoms with Crippen LogP contribution in [0.5, 0.6) is 0 Å². The Kier molecular flexibility index (Phi) is 2.58. The average molecular weight is 156 g/mol. The molecule has 1 aliphatic carbocycles. The lowest BCUT2D eigenvalue weighted by atomic mass is 9.63. The van der Waals surface area contributed by atoms with E-state index in [2.05, 4.69) is 20.8 Å². The number of aliphatic hydroxyl groups is 1. The van der Waals surface area contributed by atoms with E-state index in [9.17, 15) is 0 Å². The maximum absolute atomic E-state index is 9.14. The molecule has 11 heavy (non-hydrogen) atoms. The van der Waals surface area contributed by atoms with Crippen molar-refractivity contribution in [3.63, 3.8) is 0 Å². The van der Waals surface area contributed by atoms with Gasteiger partial charge in [-0.25, -0.2) is 0 Å². The summed E-state index contributed by atoms with van der Waals surface area (Å²) in [6.45, 7) is 7.26. The molecule has 1 rings (SSSR count). The second-order valence-corrected chi connectivity index (χ2v) is 4.53. The van der Waals surface area contributed by atoms with Crippen LogP contribution in [0.4, 0.5) is 0 Å².